The molecule has 92 valence electrons. The van der Waals surface area contributed by atoms with E-state index in [9.17, 15) is 0 Å². The zero-order valence-electron chi connectivity index (χ0n) is 10.6. The zero-order chi connectivity index (χ0) is 11.1. The molecule has 1 aliphatic heterocycles. The largest absolute Gasteiger partial charge is 0.328 e. The van der Waals surface area contributed by atoms with Crippen LogP contribution in [0.5, 0.6) is 0 Å². The van der Waals surface area contributed by atoms with Gasteiger partial charge in [0.05, 0.1) is 0 Å². The van der Waals surface area contributed by atoms with Crippen LogP contribution in [-0.4, -0.2) is 30.1 Å². The van der Waals surface area contributed by atoms with E-state index in [-0.39, 0.29) is 0 Å². The first-order chi connectivity index (χ1) is 7.74. The third-order valence-corrected chi connectivity index (χ3v) is 5.56. The SMILES string of the molecule is CC(C1CC2CCC1C2)N1CCC(N)CC1. The van der Waals surface area contributed by atoms with E-state index in [1.165, 1.54) is 45.2 Å². The van der Waals surface area contributed by atoms with Gasteiger partial charge in [0, 0.05) is 12.1 Å². The Morgan fingerprint density at radius 1 is 1.06 bits per heavy atom. The molecule has 1 heterocycles. The molecule has 3 fully saturated rings. The van der Waals surface area contributed by atoms with Crippen molar-refractivity contribution >= 4 is 0 Å². The molecule has 0 aromatic rings. The van der Waals surface area contributed by atoms with E-state index in [1.807, 2.05) is 0 Å². The maximum absolute atomic E-state index is 5.98. The first kappa shape index (κ1) is 11.0. The summed E-state index contributed by atoms with van der Waals surface area (Å²) in [7, 11) is 0. The first-order valence-corrected chi connectivity index (χ1v) is 7.23. The highest BCUT2D eigenvalue weighted by atomic mass is 15.2. The molecule has 2 heteroatoms. The van der Waals surface area contributed by atoms with Crippen LogP contribution >= 0.6 is 0 Å². The zero-order valence-corrected chi connectivity index (χ0v) is 10.6. The molecular weight excluding hydrogens is 196 g/mol. The van der Waals surface area contributed by atoms with Gasteiger partial charge in [0.2, 0.25) is 0 Å². The van der Waals surface area contributed by atoms with E-state index in [0.29, 0.717) is 6.04 Å². The molecule has 2 saturated carbocycles. The number of piperidine rings is 1. The molecule has 0 amide bonds. The van der Waals surface area contributed by atoms with Gasteiger partial charge in [-0.2, -0.15) is 0 Å². The molecule has 3 rings (SSSR count). The minimum atomic E-state index is 0.475. The molecule has 0 aromatic carbocycles. The van der Waals surface area contributed by atoms with Crippen LogP contribution in [0.2, 0.25) is 0 Å². The third kappa shape index (κ3) is 1.91. The molecule has 2 N–H and O–H groups in total. The van der Waals surface area contributed by atoms with Gasteiger partial charge < -0.3 is 10.6 Å². The lowest BCUT2D eigenvalue weighted by atomic mass is 9.82. The summed E-state index contributed by atoms with van der Waals surface area (Å²) >= 11 is 0. The number of fused-ring (bicyclic) bond motifs is 2. The van der Waals surface area contributed by atoms with Gasteiger partial charge in [-0.25, -0.2) is 0 Å². The topological polar surface area (TPSA) is 29.3 Å². The van der Waals surface area contributed by atoms with Crippen molar-refractivity contribution in [3.63, 3.8) is 0 Å². The van der Waals surface area contributed by atoms with Gasteiger partial charge in [-0.15, -0.1) is 0 Å². The summed E-state index contributed by atoms with van der Waals surface area (Å²) in [4.78, 5) is 2.72. The Balaban J connectivity index is 1.58. The van der Waals surface area contributed by atoms with E-state index in [0.717, 1.165) is 23.8 Å². The Morgan fingerprint density at radius 3 is 2.38 bits per heavy atom. The van der Waals surface area contributed by atoms with Gasteiger partial charge in [0.1, 0.15) is 0 Å². The second-order valence-electron chi connectivity index (χ2n) is 6.45. The maximum atomic E-state index is 5.98. The van der Waals surface area contributed by atoms with Gasteiger partial charge in [-0.05, 0) is 69.9 Å². The summed E-state index contributed by atoms with van der Waals surface area (Å²) in [6, 6.07) is 1.30. The number of hydrogen-bond donors (Lipinski definition) is 1. The van der Waals surface area contributed by atoms with Gasteiger partial charge in [-0.1, -0.05) is 6.42 Å². The third-order valence-electron chi connectivity index (χ3n) is 5.56. The summed E-state index contributed by atoms with van der Waals surface area (Å²) in [6.07, 6.45) is 8.54. The molecule has 2 nitrogen and oxygen atoms in total. The van der Waals surface area contributed by atoms with Crippen LogP contribution in [0, 0.1) is 17.8 Å². The minimum absolute atomic E-state index is 0.475. The van der Waals surface area contributed by atoms with Gasteiger partial charge in [0.15, 0.2) is 0 Å². The maximum Gasteiger partial charge on any atom is 0.00979 e. The quantitative estimate of drug-likeness (QED) is 0.776. The normalized spacial score (nSPS) is 42.8. The molecule has 2 bridgehead atoms. The fourth-order valence-corrected chi connectivity index (χ4v) is 4.48. The van der Waals surface area contributed by atoms with Crippen LogP contribution in [0.4, 0.5) is 0 Å². The lowest BCUT2D eigenvalue weighted by molar-refractivity contribution is 0.0947. The second kappa shape index (κ2) is 4.30. The van der Waals surface area contributed by atoms with Crippen molar-refractivity contribution < 1.29 is 0 Å². The molecule has 4 unspecified atom stereocenters. The molecule has 1 saturated heterocycles. The lowest BCUT2D eigenvalue weighted by Gasteiger charge is -2.40. The van der Waals surface area contributed by atoms with E-state index >= 15 is 0 Å². The highest BCUT2D eigenvalue weighted by Crippen LogP contribution is 2.50. The smallest absolute Gasteiger partial charge is 0.00979 e. The predicted molar refractivity (Wildman–Crippen MR) is 67.2 cm³/mol. The van der Waals surface area contributed by atoms with E-state index in [2.05, 4.69) is 11.8 Å². The molecular formula is C14H26N2. The Kier molecular flexibility index (Phi) is 2.97. The summed E-state index contributed by atoms with van der Waals surface area (Å²) < 4.78 is 0. The summed E-state index contributed by atoms with van der Waals surface area (Å²) in [5.41, 5.74) is 5.98. The number of nitrogens with two attached hydrogens (primary N) is 1. The first-order valence-electron chi connectivity index (χ1n) is 7.23. The number of rotatable bonds is 2. The number of nitrogens with zero attached hydrogens (tertiary/aromatic N) is 1. The van der Waals surface area contributed by atoms with Crippen molar-refractivity contribution in [2.24, 2.45) is 23.5 Å². The van der Waals surface area contributed by atoms with E-state index in [4.69, 9.17) is 5.73 Å². The highest BCUT2D eigenvalue weighted by Gasteiger charge is 2.43. The lowest BCUT2D eigenvalue weighted by Crippen LogP contribution is -2.47. The monoisotopic (exact) mass is 222 g/mol. The van der Waals surface area contributed by atoms with Crippen molar-refractivity contribution in [2.75, 3.05) is 13.1 Å². The Labute approximate surface area is 99.6 Å². The molecule has 0 spiro atoms. The van der Waals surface area contributed by atoms with Crippen molar-refractivity contribution in [1.29, 1.82) is 0 Å². The van der Waals surface area contributed by atoms with E-state index in [1.54, 1.807) is 6.42 Å². The fraction of sp³-hybridized carbons (Fsp3) is 1.00. The minimum Gasteiger partial charge on any atom is -0.328 e. The van der Waals surface area contributed by atoms with Crippen LogP contribution in [0.3, 0.4) is 0 Å². The molecule has 16 heavy (non-hydrogen) atoms. The van der Waals surface area contributed by atoms with Gasteiger partial charge in [-0.3, -0.25) is 0 Å². The molecule has 3 aliphatic rings. The standard InChI is InChI=1S/C14H26N2/c1-10(16-6-4-13(15)5-7-16)14-9-11-2-3-12(14)8-11/h10-14H,2-9,15H2,1H3. The van der Waals surface area contributed by atoms with Gasteiger partial charge >= 0.3 is 0 Å². The average molecular weight is 222 g/mol. The van der Waals surface area contributed by atoms with Crippen LogP contribution in [0.25, 0.3) is 0 Å². The van der Waals surface area contributed by atoms with Crippen LogP contribution in [0.1, 0.15) is 45.4 Å². The Bertz CT molecular complexity index is 245. The molecule has 0 aromatic heterocycles. The summed E-state index contributed by atoms with van der Waals surface area (Å²) in [6.45, 7) is 4.97. The van der Waals surface area contributed by atoms with Crippen molar-refractivity contribution in [3.05, 3.63) is 0 Å². The van der Waals surface area contributed by atoms with Crippen molar-refractivity contribution in [1.82, 2.24) is 4.90 Å². The average Bonchev–Trinajstić information content (AvgIpc) is 2.91. The van der Waals surface area contributed by atoms with Crippen LogP contribution < -0.4 is 5.73 Å². The molecule has 4 atom stereocenters. The van der Waals surface area contributed by atoms with Gasteiger partial charge in [0.25, 0.3) is 0 Å². The Morgan fingerprint density at radius 2 is 1.81 bits per heavy atom. The number of likely N-dealkylation sites (tertiary alicyclic amines) is 1. The second-order valence-corrected chi connectivity index (χ2v) is 6.45. The van der Waals surface area contributed by atoms with Crippen molar-refractivity contribution in [2.45, 2.75) is 57.5 Å². The fourth-order valence-electron chi connectivity index (χ4n) is 4.48. The number of hydrogen-bond acceptors (Lipinski definition) is 2. The van der Waals surface area contributed by atoms with Crippen LogP contribution in [0.15, 0.2) is 0 Å². The molecule has 0 radical (unpaired) electrons. The highest BCUT2D eigenvalue weighted by molar-refractivity contribution is 4.95. The Hall–Kier alpha value is -0.0800. The predicted octanol–water partition coefficient (Wildman–Crippen LogP) is 2.23. The van der Waals surface area contributed by atoms with E-state index < -0.39 is 0 Å². The summed E-state index contributed by atoms with van der Waals surface area (Å²) in [5, 5.41) is 0. The molecule has 2 aliphatic carbocycles. The summed E-state index contributed by atoms with van der Waals surface area (Å²) in [5.74, 6) is 3.16. The van der Waals surface area contributed by atoms with Crippen molar-refractivity contribution in [3.8, 4) is 0 Å². The van der Waals surface area contributed by atoms with Crippen LogP contribution in [-0.2, 0) is 0 Å².